The zero-order chi connectivity index (χ0) is 24.1. The number of aliphatic hydroxyl groups excluding tert-OH is 2. The molecule has 1 saturated carbocycles. The highest BCUT2D eigenvalue weighted by Gasteiger charge is 2.42. The van der Waals surface area contributed by atoms with Crippen molar-refractivity contribution in [1.82, 2.24) is 5.32 Å². The van der Waals surface area contributed by atoms with Gasteiger partial charge in [0.2, 0.25) is 5.91 Å². The van der Waals surface area contributed by atoms with Gasteiger partial charge in [-0.1, -0.05) is 54.6 Å². The molecule has 0 spiro atoms. The van der Waals surface area contributed by atoms with Gasteiger partial charge in [0.1, 0.15) is 6.10 Å². The summed E-state index contributed by atoms with van der Waals surface area (Å²) in [4.78, 5) is 23.1. The van der Waals surface area contributed by atoms with Crippen LogP contribution in [0.3, 0.4) is 0 Å². The molecule has 0 bridgehead atoms. The van der Waals surface area contributed by atoms with Crippen molar-refractivity contribution < 1.29 is 24.5 Å². The first-order valence-corrected chi connectivity index (χ1v) is 12.1. The third-order valence-electron chi connectivity index (χ3n) is 6.06. The van der Waals surface area contributed by atoms with Crippen LogP contribution in [0.15, 0.2) is 54.6 Å². The Morgan fingerprint density at radius 3 is 2.70 bits per heavy atom. The molecule has 0 aliphatic heterocycles. The predicted octanol–water partition coefficient (Wildman–Crippen LogP) is 3.72. The quantitative estimate of drug-likeness (QED) is 0.238. The largest absolute Gasteiger partial charge is 0.462 e. The standard InChI is InChI=1S/C27H39NO5/c1-3-28-27(32)14-10-5-4-9-13-24-23(25(31)19-26(24)33-20(2)29)18-17-22(30)16-15-21-11-7-6-8-12-21/h4,6-9,11-12,17-18,22-26,30-31H,3,5,10,13-16,19H2,1-2H3,(H,28,32)/t22-,23+,24+,25+,26-/m0/s1. The number of hydrogen-bond acceptors (Lipinski definition) is 5. The van der Waals surface area contributed by atoms with Crippen molar-refractivity contribution in [2.45, 2.75) is 77.1 Å². The van der Waals surface area contributed by atoms with E-state index in [4.69, 9.17) is 4.74 Å². The van der Waals surface area contributed by atoms with Gasteiger partial charge in [-0.25, -0.2) is 0 Å². The second kappa shape index (κ2) is 14.7. The SMILES string of the molecule is CCNC(=O)CCCC=CC[C@@H]1[C@@H](C=C[C@@H](O)CCc2ccccc2)[C@H](O)C[C@@H]1OC(C)=O. The summed E-state index contributed by atoms with van der Waals surface area (Å²) in [5, 5.41) is 23.8. The lowest BCUT2D eigenvalue weighted by molar-refractivity contribution is -0.148. The molecule has 1 aromatic carbocycles. The molecule has 33 heavy (non-hydrogen) atoms. The molecule has 2 rings (SSSR count). The van der Waals surface area contributed by atoms with Crippen LogP contribution in [-0.2, 0) is 20.7 Å². The van der Waals surface area contributed by atoms with Crippen molar-refractivity contribution in [3.63, 3.8) is 0 Å². The fraction of sp³-hybridized carbons (Fsp3) is 0.556. The van der Waals surface area contributed by atoms with E-state index in [9.17, 15) is 19.8 Å². The average molecular weight is 458 g/mol. The molecular formula is C27H39NO5. The molecule has 6 nitrogen and oxygen atoms in total. The van der Waals surface area contributed by atoms with Gasteiger partial charge in [-0.15, -0.1) is 0 Å². The molecule has 5 atom stereocenters. The van der Waals surface area contributed by atoms with Gasteiger partial charge < -0.3 is 20.3 Å². The topological polar surface area (TPSA) is 95.9 Å². The highest BCUT2D eigenvalue weighted by molar-refractivity contribution is 5.75. The van der Waals surface area contributed by atoms with Gasteiger partial charge in [0.05, 0.1) is 12.2 Å². The maximum absolute atomic E-state index is 11.6. The maximum Gasteiger partial charge on any atom is 0.302 e. The molecule has 0 unspecified atom stereocenters. The summed E-state index contributed by atoms with van der Waals surface area (Å²) in [5.74, 6) is -0.534. The number of amides is 1. The van der Waals surface area contributed by atoms with Crippen molar-refractivity contribution >= 4 is 11.9 Å². The van der Waals surface area contributed by atoms with E-state index in [1.165, 1.54) is 12.5 Å². The fourth-order valence-electron chi connectivity index (χ4n) is 4.38. The van der Waals surface area contributed by atoms with Crippen LogP contribution in [0.5, 0.6) is 0 Å². The number of hydrogen-bond donors (Lipinski definition) is 3. The number of carbonyl (C=O) groups excluding carboxylic acids is 2. The van der Waals surface area contributed by atoms with E-state index in [-0.39, 0.29) is 29.8 Å². The van der Waals surface area contributed by atoms with E-state index in [1.807, 2.05) is 55.5 Å². The lowest BCUT2D eigenvalue weighted by Gasteiger charge is -2.22. The molecule has 1 aliphatic carbocycles. The van der Waals surface area contributed by atoms with Crippen LogP contribution in [0.25, 0.3) is 0 Å². The number of allylic oxidation sites excluding steroid dienone is 2. The highest BCUT2D eigenvalue weighted by Crippen LogP contribution is 2.38. The summed E-state index contributed by atoms with van der Waals surface area (Å²) in [5.41, 5.74) is 1.18. The number of aryl methyl sites for hydroxylation is 1. The van der Waals surface area contributed by atoms with Crippen LogP contribution in [0.2, 0.25) is 0 Å². The lowest BCUT2D eigenvalue weighted by atomic mass is 9.89. The first-order chi connectivity index (χ1) is 15.9. The summed E-state index contributed by atoms with van der Waals surface area (Å²) in [7, 11) is 0. The summed E-state index contributed by atoms with van der Waals surface area (Å²) in [6.07, 6.45) is 10.7. The zero-order valence-corrected chi connectivity index (χ0v) is 19.9. The second-order valence-corrected chi connectivity index (χ2v) is 8.72. The molecule has 1 aliphatic rings. The predicted molar refractivity (Wildman–Crippen MR) is 129 cm³/mol. The number of unbranched alkanes of at least 4 members (excludes halogenated alkanes) is 1. The number of esters is 1. The van der Waals surface area contributed by atoms with Crippen LogP contribution >= 0.6 is 0 Å². The van der Waals surface area contributed by atoms with Gasteiger partial charge >= 0.3 is 5.97 Å². The maximum atomic E-state index is 11.6. The molecule has 3 N–H and O–H groups in total. The summed E-state index contributed by atoms with van der Waals surface area (Å²) in [6, 6.07) is 10.0. The average Bonchev–Trinajstić information content (AvgIpc) is 3.07. The Morgan fingerprint density at radius 1 is 1.24 bits per heavy atom. The molecule has 6 heteroatoms. The molecule has 1 aromatic rings. The summed E-state index contributed by atoms with van der Waals surface area (Å²) in [6.45, 7) is 3.93. The van der Waals surface area contributed by atoms with E-state index in [0.717, 1.165) is 19.3 Å². The Kier molecular flexibility index (Phi) is 11.9. The minimum atomic E-state index is -0.622. The normalized spacial score (nSPS) is 23.8. The Hall–Kier alpha value is -2.44. The van der Waals surface area contributed by atoms with Crippen molar-refractivity contribution in [1.29, 1.82) is 0 Å². The van der Waals surface area contributed by atoms with E-state index in [0.29, 0.717) is 32.2 Å². The second-order valence-electron chi connectivity index (χ2n) is 8.72. The van der Waals surface area contributed by atoms with Gasteiger partial charge in [0, 0.05) is 38.1 Å². The Bertz CT molecular complexity index is 776. The number of rotatable bonds is 13. The van der Waals surface area contributed by atoms with Gasteiger partial charge in [0.25, 0.3) is 0 Å². The molecule has 0 saturated heterocycles. The lowest BCUT2D eigenvalue weighted by Crippen LogP contribution is -2.24. The first kappa shape index (κ1) is 26.8. The Morgan fingerprint density at radius 2 is 2.00 bits per heavy atom. The fourth-order valence-corrected chi connectivity index (χ4v) is 4.38. The van der Waals surface area contributed by atoms with Crippen LogP contribution in [-0.4, -0.2) is 46.9 Å². The number of aliphatic hydroxyl groups is 2. The zero-order valence-electron chi connectivity index (χ0n) is 19.9. The number of ether oxygens (including phenoxy) is 1. The third kappa shape index (κ3) is 9.93. The van der Waals surface area contributed by atoms with Crippen molar-refractivity contribution in [2.24, 2.45) is 11.8 Å². The van der Waals surface area contributed by atoms with Gasteiger partial charge in [0.15, 0.2) is 0 Å². The van der Waals surface area contributed by atoms with Crippen molar-refractivity contribution in [3.8, 4) is 0 Å². The molecule has 0 aromatic heterocycles. The minimum absolute atomic E-state index is 0.0545. The number of carbonyl (C=O) groups is 2. The molecule has 1 fully saturated rings. The third-order valence-corrected chi connectivity index (χ3v) is 6.06. The van der Waals surface area contributed by atoms with Gasteiger partial charge in [-0.05, 0) is 44.6 Å². The molecule has 182 valence electrons. The van der Waals surface area contributed by atoms with E-state index >= 15 is 0 Å². The molecule has 1 amide bonds. The molecule has 0 heterocycles. The van der Waals surface area contributed by atoms with Gasteiger partial charge in [-0.2, -0.15) is 0 Å². The molecular weight excluding hydrogens is 418 g/mol. The van der Waals surface area contributed by atoms with E-state index in [1.54, 1.807) is 6.08 Å². The van der Waals surface area contributed by atoms with Crippen LogP contribution in [0, 0.1) is 11.8 Å². The Labute approximate surface area is 197 Å². The number of benzene rings is 1. The summed E-state index contributed by atoms with van der Waals surface area (Å²) < 4.78 is 5.49. The monoisotopic (exact) mass is 457 g/mol. The minimum Gasteiger partial charge on any atom is -0.462 e. The Balaban J connectivity index is 1.91. The smallest absolute Gasteiger partial charge is 0.302 e. The first-order valence-electron chi connectivity index (χ1n) is 12.1. The summed E-state index contributed by atoms with van der Waals surface area (Å²) >= 11 is 0. The van der Waals surface area contributed by atoms with Crippen molar-refractivity contribution in [2.75, 3.05) is 6.54 Å². The highest BCUT2D eigenvalue weighted by atomic mass is 16.5. The van der Waals surface area contributed by atoms with Crippen LogP contribution in [0.4, 0.5) is 0 Å². The molecule has 0 radical (unpaired) electrons. The van der Waals surface area contributed by atoms with Crippen molar-refractivity contribution in [3.05, 3.63) is 60.2 Å². The van der Waals surface area contributed by atoms with Gasteiger partial charge in [-0.3, -0.25) is 9.59 Å². The van der Waals surface area contributed by atoms with E-state index in [2.05, 4.69) is 5.32 Å². The van der Waals surface area contributed by atoms with E-state index < -0.39 is 12.2 Å². The van der Waals surface area contributed by atoms with Crippen LogP contribution in [0.1, 0.15) is 57.9 Å². The van der Waals surface area contributed by atoms with Crippen LogP contribution < -0.4 is 5.32 Å². The number of nitrogens with one attached hydrogen (secondary N) is 1.